The second-order valence-corrected chi connectivity index (χ2v) is 29.0. The first-order chi connectivity index (χ1) is 51.3. The van der Waals surface area contributed by atoms with Crippen LogP contribution in [0, 0.1) is 36.5 Å². The number of nitrogens with zero attached hydrogens (tertiary/aromatic N) is 3. The number of furan rings is 1. The van der Waals surface area contributed by atoms with Gasteiger partial charge >= 0.3 is 17.9 Å². The molecule has 26 heteroatoms. The van der Waals surface area contributed by atoms with Gasteiger partial charge in [0.1, 0.15) is 58.6 Å². The molecule has 12 rings (SSSR count). The first kappa shape index (κ1) is 76.9. The molecular weight excluding hydrogens is 1370 g/mol. The molecule has 2 fully saturated rings. The van der Waals surface area contributed by atoms with E-state index >= 15 is 0 Å². The Labute approximate surface area is 619 Å². The van der Waals surface area contributed by atoms with Crippen molar-refractivity contribution in [2.45, 2.75) is 169 Å². The number of nitrogens with two attached hydrogens (primary N) is 1. The maximum Gasteiger partial charge on any atom is 0.334 e. The summed E-state index contributed by atoms with van der Waals surface area (Å²) in [5.41, 5.74) is 7.43. The lowest BCUT2D eigenvalue weighted by molar-refractivity contribution is -0.153. The lowest BCUT2D eigenvalue weighted by Gasteiger charge is -2.34. The summed E-state index contributed by atoms with van der Waals surface area (Å²) in [4.78, 5) is 125. The molecule has 1 saturated heterocycles. The Balaban J connectivity index is 0.754. The average molecular weight is 1470 g/mol. The lowest BCUT2D eigenvalue weighted by atomic mass is 9.82. The van der Waals surface area contributed by atoms with Crippen molar-refractivity contribution in [2.75, 3.05) is 41.7 Å². The number of aryl methyl sites for hydroxylation is 1. The molecule has 26 nitrogen and oxygen atoms in total. The van der Waals surface area contributed by atoms with Crippen LogP contribution < -0.4 is 52.1 Å². The highest BCUT2D eigenvalue weighted by Crippen LogP contribution is 2.50. The Morgan fingerprint density at radius 1 is 0.776 bits per heavy atom. The number of amides is 8. The van der Waals surface area contributed by atoms with Crippen LogP contribution in [0.4, 0.5) is 21.9 Å². The predicted octanol–water partition coefficient (Wildman–Crippen LogP) is 12.3. The molecule has 7 aromatic rings. The Hall–Kier alpha value is -11.2. The number of ether oxygens (including phenoxy) is 3. The molecule has 7 unspecified atom stereocenters. The van der Waals surface area contributed by atoms with Gasteiger partial charge in [0.25, 0.3) is 17.7 Å². The number of carbonyl (C=O) groups is 8. The predicted molar refractivity (Wildman–Crippen MR) is 405 cm³/mol. The molecule has 1 saturated carbocycles. The smallest absolute Gasteiger partial charge is 0.334 e. The van der Waals surface area contributed by atoms with Crippen molar-refractivity contribution in [3.63, 3.8) is 0 Å². The highest BCUT2D eigenvalue weighted by atomic mass is 16.6. The molecule has 10 N–H and O–H groups in total. The summed E-state index contributed by atoms with van der Waals surface area (Å²) in [6.07, 6.45) is 19.6. The summed E-state index contributed by atoms with van der Waals surface area (Å²) in [5, 5.41) is 49.9. The van der Waals surface area contributed by atoms with Gasteiger partial charge in [-0.1, -0.05) is 89.5 Å². The summed E-state index contributed by atoms with van der Waals surface area (Å²) in [7, 11) is 0. The zero-order chi connectivity index (χ0) is 76.3. The Morgan fingerprint density at radius 3 is 2.21 bits per heavy atom. The van der Waals surface area contributed by atoms with Gasteiger partial charge in [-0.2, -0.15) is 0 Å². The number of unbranched alkanes of at least 4 members (excludes halogenated alkanes) is 2. The number of nitrogens with one attached hydrogen (secondary N) is 5. The third kappa shape index (κ3) is 18.2. The number of hydrogen-bond donors (Lipinski definition) is 9. The Kier molecular flexibility index (Phi) is 24.7. The number of hydrogen-bond acceptors (Lipinski definition) is 19. The molecule has 107 heavy (non-hydrogen) atoms. The summed E-state index contributed by atoms with van der Waals surface area (Å²) >= 11 is 0. The quantitative estimate of drug-likeness (QED) is 0.00760. The van der Waals surface area contributed by atoms with Gasteiger partial charge in [0, 0.05) is 97.6 Å². The number of phenolic OH excluding ortho intramolecular Hbond substituents is 2. The van der Waals surface area contributed by atoms with Crippen LogP contribution in [0.1, 0.15) is 154 Å². The van der Waals surface area contributed by atoms with Gasteiger partial charge in [0.15, 0.2) is 22.3 Å². The number of imide groups is 1. The SMILES string of the molecule is CC(=O)OC1C(C)CCCC(C)C=C/C=C(/C)C(=O)Nc2c(O)c3c(=O)c(C)c4oc(c(O)c4c3c3nc4c(O)cc(N5CCC(c6ccc(OCc7ccc(NC(=O)C(CCCNC(N)=O)NC(=O)C(NC(=O)CCCCCN8C(=O)C=CC8=O)C(C)C)cc7)cc6)CC5)cc4oc23)OC=CC2CCCC21. The third-order valence-electron chi connectivity index (χ3n) is 20.9. The zero-order valence-corrected chi connectivity index (χ0v) is 61.4. The minimum atomic E-state index is -1.05. The van der Waals surface area contributed by atoms with Gasteiger partial charge in [-0.3, -0.25) is 43.3 Å². The van der Waals surface area contributed by atoms with Crippen LogP contribution >= 0.6 is 0 Å². The van der Waals surface area contributed by atoms with Crippen LogP contribution in [0.25, 0.3) is 43.9 Å². The number of piperidine rings is 1. The number of rotatable bonds is 22. The molecular formula is C81H95N9O17. The molecule has 1 aliphatic carbocycles. The maximum atomic E-state index is 14.6. The Bertz CT molecular complexity index is 4700. The molecule has 8 amide bonds. The summed E-state index contributed by atoms with van der Waals surface area (Å²) in [5.74, 6) is -4.17. The van der Waals surface area contributed by atoms with E-state index in [1.165, 1.54) is 32.3 Å². The number of aromatic hydroxyl groups is 3. The van der Waals surface area contributed by atoms with Gasteiger partial charge in [0.2, 0.25) is 23.5 Å². The maximum absolute atomic E-state index is 14.6. The average Bonchev–Trinajstić information content (AvgIpc) is 1.70. The molecule has 7 atom stereocenters. The fourth-order valence-electron chi connectivity index (χ4n) is 14.9. The summed E-state index contributed by atoms with van der Waals surface area (Å²) in [6, 6.07) is 15.5. The van der Waals surface area contributed by atoms with Crippen molar-refractivity contribution in [3.8, 4) is 28.9 Å². The summed E-state index contributed by atoms with van der Waals surface area (Å²) < 4.78 is 31.1. The van der Waals surface area contributed by atoms with E-state index in [1.54, 1.807) is 51.1 Å². The minimum Gasteiger partial charge on any atom is -0.505 e. The molecule has 4 aliphatic heterocycles. The van der Waals surface area contributed by atoms with E-state index in [0.717, 1.165) is 67.4 Å². The van der Waals surface area contributed by atoms with Gasteiger partial charge < -0.3 is 75.6 Å². The molecule has 5 aliphatic rings. The highest BCUT2D eigenvalue weighted by molar-refractivity contribution is 6.27. The second kappa shape index (κ2) is 34.4. The number of anilines is 3. The highest BCUT2D eigenvalue weighted by Gasteiger charge is 2.39. The van der Waals surface area contributed by atoms with Crippen LogP contribution in [-0.2, 0) is 44.9 Å². The molecule has 2 aromatic heterocycles. The van der Waals surface area contributed by atoms with Crippen LogP contribution in [0.15, 0.2) is 123 Å². The Morgan fingerprint density at radius 2 is 1.50 bits per heavy atom. The number of benzene rings is 5. The molecule has 0 radical (unpaired) electrons. The van der Waals surface area contributed by atoms with E-state index in [-0.39, 0.29) is 170 Å². The van der Waals surface area contributed by atoms with E-state index < -0.39 is 52.8 Å². The molecule has 566 valence electrons. The van der Waals surface area contributed by atoms with Gasteiger partial charge in [-0.25, -0.2) is 9.78 Å². The van der Waals surface area contributed by atoms with E-state index in [2.05, 4.69) is 45.3 Å². The van der Waals surface area contributed by atoms with Crippen molar-refractivity contribution in [3.05, 3.63) is 136 Å². The van der Waals surface area contributed by atoms with Crippen molar-refractivity contribution in [1.82, 2.24) is 25.8 Å². The van der Waals surface area contributed by atoms with Crippen LogP contribution in [0.5, 0.6) is 28.9 Å². The number of aromatic nitrogens is 1. The number of fused-ring (bicyclic) bond motifs is 11. The van der Waals surface area contributed by atoms with Crippen LogP contribution in [0.3, 0.4) is 0 Å². The fraction of sp³-hybridized carbons (Fsp3) is 0.432. The van der Waals surface area contributed by atoms with E-state index in [4.69, 9.17) is 33.8 Å². The second-order valence-electron chi connectivity index (χ2n) is 29.0. The largest absolute Gasteiger partial charge is 0.505 e. The fourth-order valence-corrected chi connectivity index (χ4v) is 14.9. The summed E-state index contributed by atoms with van der Waals surface area (Å²) in [6.45, 7) is 14.1. The topological polar surface area (TPSA) is 374 Å². The molecule has 0 spiro atoms. The van der Waals surface area contributed by atoms with Crippen molar-refractivity contribution in [2.24, 2.45) is 35.3 Å². The zero-order valence-electron chi connectivity index (χ0n) is 61.4. The van der Waals surface area contributed by atoms with Crippen LogP contribution in [0.2, 0.25) is 0 Å². The first-order valence-corrected chi connectivity index (χ1v) is 37.0. The van der Waals surface area contributed by atoms with Gasteiger partial charge in [0.05, 0.1) is 17.0 Å². The first-order valence-electron chi connectivity index (χ1n) is 37.0. The standard InChI is InChI=1S/C81H95N9O17/c1-44(2)67(86-61(93)22-9-8-10-37-90-62(94)31-32-63(90)95)79(101)85-58(21-14-36-83-81(82)102)78(100)84-54-27-23-50(24-28-54)43-104-56-29-25-51(26-30-56)52-33-38-89(39-34-52)55-41-59(92)68-60(42-55)106-76-69(87-68)64-65-71(96)48(6)75-66(64)73(98)80(107-75)103-40-35-53-19-13-20-57(53)74(105-49(7)91)46(4)17-11-15-45(3)16-12-18-47(5)77(99)88-70(76)72(65)97/h12,16,18,23-32,35,40-42,44-46,52-53,57-58,67,74,92,97-98H,8-11,13-15,17,19-22,33-34,36-39,43H2,1-7H3,(H,84,100)(H,85,101)(H,86,93)(H,88,99)(H3,82,83,102)/b16-12?,40-35?,47-18-. The molecule has 5 bridgehead atoms. The molecule has 6 heterocycles. The van der Waals surface area contributed by atoms with E-state index in [0.29, 0.717) is 55.9 Å². The molecule has 5 aromatic carbocycles. The number of allylic oxidation sites excluding steroid dienone is 4. The number of phenols is 2. The van der Waals surface area contributed by atoms with E-state index in [9.17, 15) is 58.5 Å². The number of esters is 1. The van der Waals surface area contributed by atoms with Gasteiger partial charge in [-0.05, 0) is 149 Å². The van der Waals surface area contributed by atoms with Crippen molar-refractivity contribution in [1.29, 1.82) is 0 Å². The van der Waals surface area contributed by atoms with Crippen LogP contribution in [-0.4, -0.2) is 117 Å². The minimum absolute atomic E-state index is 0.00167. The van der Waals surface area contributed by atoms with Crippen molar-refractivity contribution < 1.29 is 76.7 Å². The number of carbonyl (C=O) groups excluding carboxylic acids is 8. The van der Waals surface area contributed by atoms with Crippen molar-refractivity contribution >= 4 is 108 Å². The van der Waals surface area contributed by atoms with E-state index in [1.807, 2.05) is 54.6 Å². The van der Waals surface area contributed by atoms with Gasteiger partial charge in [-0.15, -0.1) is 0 Å². The number of primary amides is 1. The normalized spacial score (nSPS) is 20.0. The third-order valence-corrected chi connectivity index (χ3v) is 20.9. The lowest BCUT2D eigenvalue weighted by Crippen LogP contribution is -2.54. The number of urea groups is 1. The monoisotopic (exact) mass is 1470 g/mol.